The van der Waals surface area contributed by atoms with Gasteiger partial charge in [0.25, 0.3) is 0 Å². The SMILES string of the molecule is c1ccc(-c2cccc(N(c3cccc(-n4c5ccccc5c5ccccc54)c3)c3ccc4c(c3)oc3ccccc34)c2-c2ccc3c(c2)sc2ccccc23)cc1. The molecule has 58 heavy (non-hydrogen) atoms. The molecule has 12 rings (SSSR count). The summed E-state index contributed by atoms with van der Waals surface area (Å²) in [5.74, 6) is 0. The normalized spacial score (nSPS) is 11.8. The van der Waals surface area contributed by atoms with Crippen LogP contribution in [0.15, 0.2) is 211 Å². The molecule has 3 heterocycles. The van der Waals surface area contributed by atoms with E-state index in [0.29, 0.717) is 0 Å². The highest BCUT2D eigenvalue weighted by Gasteiger charge is 2.23. The predicted molar refractivity (Wildman–Crippen MR) is 247 cm³/mol. The van der Waals surface area contributed by atoms with Crippen LogP contribution in [-0.2, 0) is 0 Å². The van der Waals surface area contributed by atoms with Gasteiger partial charge in [0.05, 0.1) is 16.7 Å². The molecule has 0 unspecified atom stereocenters. The van der Waals surface area contributed by atoms with Crippen LogP contribution in [0.4, 0.5) is 17.1 Å². The van der Waals surface area contributed by atoms with Gasteiger partial charge >= 0.3 is 0 Å². The largest absolute Gasteiger partial charge is 0.456 e. The van der Waals surface area contributed by atoms with Crippen LogP contribution in [0.25, 0.3) is 91.9 Å². The lowest BCUT2D eigenvalue weighted by Gasteiger charge is -2.29. The zero-order chi connectivity index (χ0) is 38.2. The summed E-state index contributed by atoms with van der Waals surface area (Å²) in [4.78, 5) is 2.42. The first-order valence-electron chi connectivity index (χ1n) is 19.7. The Kier molecular flexibility index (Phi) is 7.40. The Morgan fingerprint density at radius 1 is 0.397 bits per heavy atom. The molecular weight excluding hydrogens is 725 g/mol. The van der Waals surface area contributed by atoms with Gasteiger partial charge in [-0.1, -0.05) is 133 Å². The van der Waals surface area contributed by atoms with E-state index in [4.69, 9.17) is 4.42 Å². The van der Waals surface area contributed by atoms with Crippen LogP contribution in [-0.4, -0.2) is 4.57 Å². The first-order valence-corrected chi connectivity index (χ1v) is 20.5. The molecule has 0 saturated carbocycles. The number of nitrogens with zero attached hydrogens (tertiary/aromatic N) is 2. The van der Waals surface area contributed by atoms with Crippen molar-refractivity contribution in [1.82, 2.24) is 4.57 Å². The number of thiophene rings is 1. The van der Waals surface area contributed by atoms with Crippen LogP contribution in [0.3, 0.4) is 0 Å². The minimum absolute atomic E-state index is 0.856. The van der Waals surface area contributed by atoms with Crippen LogP contribution in [0.5, 0.6) is 0 Å². The molecule has 9 aromatic carbocycles. The Morgan fingerprint density at radius 2 is 1.03 bits per heavy atom. The maximum absolute atomic E-state index is 6.55. The quantitative estimate of drug-likeness (QED) is 0.168. The molecule has 3 nitrogen and oxygen atoms in total. The van der Waals surface area contributed by atoms with E-state index < -0.39 is 0 Å². The second kappa shape index (κ2) is 13.1. The highest BCUT2D eigenvalue weighted by molar-refractivity contribution is 7.25. The summed E-state index contributed by atoms with van der Waals surface area (Å²) in [6.45, 7) is 0. The summed E-state index contributed by atoms with van der Waals surface area (Å²) < 4.78 is 11.5. The van der Waals surface area contributed by atoms with Gasteiger partial charge in [-0.05, 0) is 83.4 Å². The summed E-state index contributed by atoms with van der Waals surface area (Å²) in [5, 5.41) is 7.29. The summed E-state index contributed by atoms with van der Waals surface area (Å²) in [5.41, 5.74) is 13.0. The van der Waals surface area contributed by atoms with E-state index in [0.717, 1.165) is 44.7 Å². The number of hydrogen-bond acceptors (Lipinski definition) is 3. The second-order valence-electron chi connectivity index (χ2n) is 14.9. The number of anilines is 3. The topological polar surface area (TPSA) is 21.3 Å². The average Bonchev–Trinajstić information content (AvgIpc) is 3.96. The third kappa shape index (κ3) is 5.12. The number of fused-ring (bicyclic) bond motifs is 9. The van der Waals surface area contributed by atoms with E-state index in [9.17, 15) is 0 Å². The van der Waals surface area contributed by atoms with Crippen LogP contribution < -0.4 is 4.90 Å². The van der Waals surface area contributed by atoms with Gasteiger partial charge in [-0.2, -0.15) is 0 Å². The van der Waals surface area contributed by atoms with Crippen molar-refractivity contribution < 1.29 is 4.42 Å². The Labute approximate surface area is 338 Å². The number of furan rings is 1. The summed E-state index contributed by atoms with van der Waals surface area (Å²) in [7, 11) is 0. The van der Waals surface area contributed by atoms with Crippen molar-refractivity contribution in [1.29, 1.82) is 0 Å². The van der Waals surface area contributed by atoms with E-state index in [1.54, 1.807) is 0 Å². The molecule has 0 bridgehead atoms. The van der Waals surface area contributed by atoms with Gasteiger partial charge in [0.1, 0.15) is 11.2 Å². The molecule has 12 aromatic rings. The lowest BCUT2D eigenvalue weighted by molar-refractivity contribution is 0.669. The molecule has 3 aromatic heterocycles. The lowest BCUT2D eigenvalue weighted by Crippen LogP contribution is -2.12. The van der Waals surface area contributed by atoms with Crippen molar-refractivity contribution in [2.75, 3.05) is 4.90 Å². The van der Waals surface area contributed by atoms with E-state index in [1.165, 1.54) is 64.2 Å². The van der Waals surface area contributed by atoms with E-state index in [1.807, 2.05) is 23.5 Å². The molecule has 0 spiro atoms. The molecule has 0 N–H and O–H groups in total. The fourth-order valence-electron chi connectivity index (χ4n) is 9.02. The third-order valence-electron chi connectivity index (χ3n) is 11.6. The Bertz CT molecular complexity index is 3480. The molecule has 0 aliphatic carbocycles. The van der Waals surface area contributed by atoms with Crippen LogP contribution in [0.1, 0.15) is 0 Å². The smallest absolute Gasteiger partial charge is 0.137 e. The van der Waals surface area contributed by atoms with Crippen molar-refractivity contribution in [3.63, 3.8) is 0 Å². The predicted octanol–water partition coefficient (Wildman–Crippen LogP) is 15.9. The zero-order valence-electron chi connectivity index (χ0n) is 31.3. The fourth-order valence-corrected chi connectivity index (χ4v) is 10.2. The fraction of sp³-hybridized carbons (Fsp3) is 0. The van der Waals surface area contributed by atoms with Crippen LogP contribution in [0, 0.1) is 0 Å². The van der Waals surface area contributed by atoms with Crippen LogP contribution >= 0.6 is 11.3 Å². The van der Waals surface area contributed by atoms with Gasteiger partial charge in [-0.25, -0.2) is 0 Å². The standard InChI is InChI=1S/C54H34N2OS/c1-2-14-35(15-3-1)40-22-13-25-49(54(40)36-28-30-46-45-21-7-11-27-52(45)58-53(46)32-36)55(39-29-31-44-43-20-6-10-26-50(43)57-51(44)34-39)37-16-12-17-38(33-37)56-47-23-8-4-18-41(47)42-19-5-9-24-48(42)56/h1-34H. The summed E-state index contributed by atoms with van der Waals surface area (Å²) >= 11 is 1.86. The molecule has 0 saturated heterocycles. The molecule has 0 aliphatic heterocycles. The Balaban J connectivity index is 1.14. The zero-order valence-corrected chi connectivity index (χ0v) is 32.2. The van der Waals surface area contributed by atoms with Crippen molar-refractivity contribution in [3.05, 3.63) is 206 Å². The number of para-hydroxylation sites is 3. The molecule has 0 fully saturated rings. The average molecular weight is 759 g/mol. The summed E-state index contributed by atoms with van der Waals surface area (Å²) in [6.07, 6.45) is 0. The third-order valence-corrected chi connectivity index (χ3v) is 12.7. The maximum atomic E-state index is 6.55. The monoisotopic (exact) mass is 758 g/mol. The van der Waals surface area contributed by atoms with Crippen molar-refractivity contribution in [2.45, 2.75) is 0 Å². The number of hydrogen-bond donors (Lipinski definition) is 0. The van der Waals surface area contributed by atoms with Crippen molar-refractivity contribution in [3.8, 4) is 27.9 Å². The number of aromatic nitrogens is 1. The van der Waals surface area contributed by atoms with E-state index in [2.05, 4.69) is 204 Å². The van der Waals surface area contributed by atoms with Gasteiger partial charge in [0.15, 0.2) is 0 Å². The number of benzene rings is 9. The van der Waals surface area contributed by atoms with Gasteiger partial charge in [0, 0.05) is 70.4 Å². The maximum Gasteiger partial charge on any atom is 0.137 e. The molecule has 0 aliphatic rings. The highest BCUT2D eigenvalue weighted by atomic mass is 32.1. The van der Waals surface area contributed by atoms with Crippen LogP contribution in [0.2, 0.25) is 0 Å². The Morgan fingerprint density at radius 3 is 1.86 bits per heavy atom. The minimum Gasteiger partial charge on any atom is -0.456 e. The highest BCUT2D eigenvalue weighted by Crippen LogP contribution is 2.48. The van der Waals surface area contributed by atoms with Gasteiger partial charge in [-0.3, -0.25) is 0 Å². The molecule has 272 valence electrons. The van der Waals surface area contributed by atoms with E-state index >= 15 is 0 Å². The number of rotatable bonds is 6. The first-order chi connectivity index (χ1) is 28.8. The van der Waals surface area contributed by atoms with Crippen molar-refractivity contribution in [2.24, 2.45) is 0 Å². The molecule has 0 radical (unpaired) electrons. The van der Waals surface area contributed by atoms with Gasteiger partial charge < -0.3 is 13.9 Å². The summed E-state index contributed by atoms with van der Waals surface area (Å²) in [6, 6.07) is 74.6. The lowest BCUT2D eigenvalue weighted by atomic mass is 9.91. The van der Waals surface area contributed by atoms with Gasteiger partial charge in [0.2, 0.25) is 0 Å². The first kappa shape index (κ1) is 32.8. The van der Waals surface area contributed by atoms with Crippen molar-refractivity contribution >= 4 is 92.3 Å². The minimum atomic E-state index is 0.856. The Hall–Kier alpha value is -7.40. The second-order valence-corrected chi connectivity index (χ2v) is 16.0. The van der Waals surface area contributed by atoms with E-state index in [-0.39, 0.29) is 0 Å². The van der Waals surface area contributed by atoms with Gasteiger partial charge in [-0.15, -0.1) is 11.3 Å². The molecule has 0 atom stereocenters. The molecular formula is C54H34N2OS. The molecule has 4 heteroatoms. The molecule has 0 amide bonds.